The number of aromatic nitrogens is 2. The zero-order valence-corrected chi connectivity index (χ0v) is 15.2. The van der Waals surface area contributed by atoms with Crippen molar-refractivity contribution in [1.29, 1.82) is 0 Å². The van der Waals surface area contributed by atoms with Crippen molar-refractivity contribution in [2.75, 3.05) is 12.4 Å². The van der Waals surface area contributed by atoms with Crippen molar-refractivity contribution < 1.29 is 18.9 Å². The predicted octanol–water partition coefficient (Wildman–Crippen LogP) is 4.12. The van der Waals surface area contributed by atoms with E-state index in [1.165, 1.54) is 30.6 Å². The smallest absolute Gasteiger partial charge is 0.322 e. The summed E-state index contributed by atoms with van der Waals surface area (Å²) in [4.78, 5) is 23.3. The van der Waals surface area contributed by atoms with Gasteiger partial charge in [0.05, 0.1) is 22.5 Å². The second-order valence-corrected chi connectivity index (χ2v) is 6.74. The molecule has 0 saturated heterocycles. The van der Waals surface area contributed by atoms with Gasteiger partial charge in [-0.05, 0) is 24.3 Å². The molecular weight excluding hydrogens is 384 g/mol. The van der Waals surface area contributed by atoms with E-state index >= 15 is 0 Å². The molecule has 0 fully saturated rings. The lowest BCUT2D eigenvalue weighted by atomic mass is 10.2. The van der Waals surface area contributed by atoms with Crippen LogP contribution in [0.25, 0.3) is 21.5 Å². The van der Waals surface area contributed by atoms with Gasteiger partial charge in [-0.25, -0.2) is 0 Å². The van der Waals surface area contributed by atoms with Gasteiger partial charge in [-0.2, -0.15) is 0 Å². The third-order valence-corrected chi connectivity index (χ3v) is 5.03. The summed E-state index contributed by atoms with van der Waals surface area (Å²) in [5, 5.41) is 21.8. The first kappa shape index (κ1) is 17.6. The first-order chi connectivity index (χ1) is 13.5. The fourth-order valence-corrected chi connectivity index (χ4v) is 3.56. The van der Waals surface area contributed by atoms with Crippen LogP contribution in [-0.2, 0) is 0 Å². The van der Waals surface area contributed by atoms with Gasteiger partial charge < -0.3 is 9.15 Å². The number of carbonyl (C=O) groups is 1. The number of nitro groups is 1. The van der Waals surface area contributed by atoms with E-state index in [-0.39, 0.29) is 17.6 Å². The summed E-state index contributed by atoms with van der Waals surface area (Å²) < 4.78 is 11.5. The normalized spacial score (nSPS) is 10.8. The highest BCUT2D eigenvalue weighted by Gasteiger charge is 2.17. The topological polar surface area (TPSA) is 120 Å². The molecule has 2 aromatic heterocycles. The predicted molar refractivity (Wildman–Crippen MR) is 103 cm³/mol. The molecular formula is C18H12N4O5S. The number of hydrogen-bond donors (Lipinski definition) is 1. The van der Waals surface area contributed by atoms with E-state index in [1.54, 1.807) is 30.3 Å². The van der Waals surface area contributed by atoms with Gasteiger partial charge in [0.25, 0.3) is 17.5 Å². The molecule has 2 aromatic carbocycles. The lowest BCUT2D eigenvalue weighted by Crippen LogP contribution is -2.10. The van der Waals surface area contributed by atoms with Gasteiger partial charge in [-0.3, -0.25) is 20.2 Å². The van der Waals surface area contributed by atoms with Crippen LogP contribution in [-0.4, -0.2) is 28.1 Å². The van der Waals surface area contributed by atoms with Crippen LogP contribution < -0.4 is 10.1 Å². The number of anilines is 1. The summed E-state index contributed by atoms with van der Waals surface area (Å²) in [6, 6.07) is 13.1. The summed E-state index contributed by atoms with van der Waals surface area (Å²) in [6.45, 7) is 0. The van der Waals surface area contributed by atoms with Crippen LogP contribution in [0, 0.1) is 10.1 Å². The van der Waals surface area contributed by atoms with E-state index in [4.69, 9.17) is 9.15 Å². The Morgan fingerprint density at radius 1 is 1.21 bits per heavy atom. The van der Waals surface area contributed by atoms with Crippen LogP contribution in [0.15, 0.2) is 52.9 Å². The minimum atomic E-state index is -0.478. The number of non-ortho nitro benzene ring substituents is 1. The van der Waals surface area contributed by atoms with Gasteiger partial charge in [-0.1, -0.05) is 17.2 Å². The van der Waals surface area contributed by atoms with Crippen molar-refractivity contribution in [3.63, 3.8) is 0 Å². The van der Waals surface area contributed by atoms with Gasteiger partial charge in [-0.15, -0.1) is 16.4 Å². The molecule has 0 radical (unpaired) electrons. The van der Waals surface area contributed by atoms with Gasteiger partial charge >= 0.3 is 6.01 Å². The number of fused-ring (bicyclic) bond motifs is 1. The Balaban J connectivity index is 1.56. The molecule has 0 unspecified atom stereocenters. The standard InChI is InChI=1S/C18H12N4O5S/c1-26-13-5-3-2-4-12(13)17-20-21-18(27-17)19-16(23)15-9-10-8-11(22(24)25)6-7-14(10)28-15/h2-9H,1H3,(H,19,21,23). The Bertz CT molecular complexity index is 1200. The molecule has 0 spiro atoms. The summed E-state index contributed by atoms with van der Waals surface area (Å²) in [7, 11) is 1.53. The molecule has 0 aliphatic heterocycles. The van der Waals surface area contributed by atoms with E-state index in [0.29, 0.717) is 21.6 Å². The summed E-state index contributed by atoms with van der Waals surface area (Å²) in [5.41, 5.74) is 0.572. The molecule has 2 heterocycles. The minimum absolute atomic E-state index is 0.0318. The molecule has 4 rings (SSSR count). The highest BCUT2D eigenvalue weighted by Crippen LogP contribution is 2.31. The van der Waals surface area contributed by atoms with E-state index in [1.807, 2.05) is 6.07 Å². The number of ether oxygens (including phenoxy) is 1. The Morgan fingerprint density at radius 2 is 2.04 bits per heavy atom. The zero-order chi connectivity index (χ0) is 19.7. The maximum atomic E-state index is 12.5. The molecule has 28 heavy (non-hydrogen) atoms. The number of benzene rings is 2. The van der Waals surface area contributed by atoms with Crippen LogP contribution in [0.3, 0.4) is 0 Å². The van der Waals surface area contributed by atoms with Crippen molar-refractivity contribution in [2.45, 2.75) is 0 Å². The molecule has 4 aromatic rings. The number of nitrogens with zero attached hydrogens (tertiary/aromatic N) is 3. The third kappa shape index (κ3) is 3.28. The minimum Gasteiger partial charge on any atom is -0.496 e. The third-order valence-electron chi connectivity index (χ3n) is 3.92. The maximum absolute atomic E-state index is 12.5. The average molecular weight is 396 g/mol. The summed E-state index contributed by atoms with van der Waals surface area (Å²) in [6.07, 6.45) is 0. The Hall–Kier alpha value is -3.79. The van der Waals surface area contributed by atoms with Crippen LogP contribution in [0.4, 0.5) is 11.7 Å². The number of rotatable bonds is 5. The molecule has 0 bridgehead atoms. The number of para-hydroxylation sites is 1. The second-order valence-electron chi connectivity index (χ2n) is 5.66. The zero-order valence-electron chi connectivity index (χ0n) is 14.4. The molecule has 140 valence electrons. The van der Waals surface area contributed by atoms with Crippen molar-refractivity contribution in [3.8, 4) is 17.2 Å². The van der Waals surface area contributed by atoms with Gasteiger partial charge in [0.1, 0.15) is 5.75 Å². The number of methoxy groups -OCH3 is 1. The number of carbonyl (C=O) groups excluding carboxylic acids is 1. The largest absolute Gasteiger partial charge is 0.496 e. The lowest BCUT2D eigenvalue weighted by Gasteiger charge is -2.03. The molecule has 0 aliphatic rings. The number of thiophene rings is 1. The lowest BCUT2D eigenvalue weighted by molar-refractivity contribution is -0.384. The quantitative estimate of drug-likeness (QED) is 0.398. The van der Waals surface area contributed by atoms with Crippen LogP contribution in [0.2, 0.25) is 0 Å². The molecule has 10 heteroatoms. The fourth-order valence-electron chi connectivity index (χ4n) is 2.62. The second kappa shape index (κ2) is 7.08. The van der Waals surface area contributed by atoms with Crippen LogP contribution in [0.1, 0.15) is 9.67 Å². The van der Waals surface area contributed by atoms with Crippen molar-refractivity contribution in [2.24, 2.45) is 0 Å². The fraction of sp³-hybridized carbons (Fsp3) is 0.0556. The average Bonchev–Trinajstić information content (AvgIpc) is 3.34. The van der Waals surface area contributed by atoms with Crippen molar-refractivity contribution >= 4 is 39.0 Å². The number of nitro benzene ring substituents is 1. The molecule has 9 nitrogen and oxygen atoms in total. The van der Waals surface area contributed by atoms with Crippen molar-refractivity contribution in [3.05, 3.63) is 63.5 Å². The summed E-state index contributed by atoms with van der Waals surface area (Å²) >= 11 is 1.21. The highest BCUT2D eigenvalue weighted by atomic mass is 32.1. The van der Waals surface area contributed by atoms with Crippen molar-refractivity contribution in [1.82, 2.24) is 10.2 Å². The first-order valence-corrected chi connectivity index (χ1v) is 8.83. The summed E-state index contributed by atoms with van der Waals surface area (Å²) in [5.74, 6) is 0.328. The van der Waals surface area contributed by atoms with Gasteiger partial charge in [0, 0.05) is 22.2 Å². The Kier molecular flexibility index (Phi) is 4.45. The van der Waals surface area contributed by atoms with Gasteiger partial charge in [0.2, 0.25) is 0 Å². The first-order valence-electron chi connectivity index (χ1n) is 8.01. The molecule has 0 saturated carbocycles. The van der Waals surface area contributed by atoms with Crippen LogP contribution in [0.5, 0.6) is 5.75 Å². The Labute approximate surface area is 161 Å². The van der Waals surface area contributed by atoms with E-state index in [0.717, 1.165) is 4.70 Å². The van der Waals surface area contributed by atoms with Gasteiger partial charge in [0.15, 0.2) is 0 Å². The molecule has 0 atom stereocenters. The number of hydrogen-bond acceptors (Lipinski definition) is 8. The maximum Gasteiger partial charge on any atom is 0.322 e. The molecule has 0 aliphatic carbocycles. The number of amides is 1. The monoisotopic (exact) mass is 396 g/mol. The number of nitrogens with one attached hydrogen (secondary N) is 1. The van der Waals surface area contributed by atoms with E-state index in [2.05, 4.69) is 15.5 Å². The van der Waals surface area contributed by atoms with E-state index in [9.17, 15) is 14.9 Å². The SMILES string of the molecule is COc1ccccc1-c1nnc(NC(=O)c2cc3cc([N+](=O)[O-])ccc3s2)o1. The van der Waals surface area contributed by atoms with Crippen LogP contribution >= 0.6 is 11.3 Å². The Morgan fingerprint density at radius 3 is 2.82 bits per heavy atom. The van der Waals surface area contributed by atoms with E-state index < -0.39 is 10.8 Å². The highest BCUT2D eigenvalue weighted by molar-refractivity contribution is 7.20. The molecule has 1 N–H and O–H groups in total. The molecule has 1 amide bonds.